The molecule has 1 heterocycles. The highest BCUT2D eigenvalue weighted by Crippen LogP contribution is 2.37. The van der Waals surface area contributed by atoms with Gasteiger partial charge in [0.25, 0.3) is 0 Å². The van der Waals surface area contributed by atoms with Crippen LogP contribution in [0.25, 0.3) is 17.2 Å². The number of aliphatic carboxylic acids is 1. The number of benzene rings is 3. The number of halogens is 1. The van der Waals surface area contributed by atoms with E-state index in [1.807, 2.05) is 36.4 Å². The number of hydrogen-bond acceptors (Lipinski definition) is 3. The summed E-state index contributed by atoms with van der Waals surface area (Å²) in [6.45, 7) is 4.63. The highest BCUT2D eigenvalue weighted by atomic mass is 19.1. The van der Waals surface area contributed by atoms with E-state index in [0.717, 1.165) is 58.1 Å². The second kappa shape index (κ2) is 9.20. The Morgan fingerprint density at radius 3 is 2.44 bits per heavy atom. The SMILES string of the molecule is CC/C(=C(/c1ccc(/C=C/C(=O)O)cc1)c1ccc2c(c1)CNN2)c1ccc(F)c(C)c1. The van der Waals surface area contributed by atoms with Gasteiger partial charge in [0.05, 0.1) is 5.69 Å². The van der Waals surface area contributed by atoms with Crippen LogP contribution in [0, 0.1) is 12.7 Å². The maximum absolute atomic E-state index is 14.0. The molecule has 1 aliphatic heterocycles. The normalized spacial score (nSPS) is 13.6. The third-order valence-electron chi connectivity index (χ3n) is 5.68. The van der Waals surface area contributed by atoms with E-state index in [4.69, 9.17) is 5.11 Å². The first kappa shape index (κ1) is 21.5. The number of allylic oxidation sites excluding steroid dienone is 1. The molecule has 0 unspecified atom stereocenters. The van der Waals surface area contributed by atoms with Crippen LogP contribution in [0.2, 0.25) is 0 Å². The van der Waals surface area contributed by atoms with Crippen LogP contribution < -0.4 is 10.9 Å². The summed E-state index contributed by atoms with van der Waals surface area (Å²) in [6, 6.07) is 19.4. The number of anilines is 1. The second-order valence-corrected chi connectivity index (χ2v) is 7.82. The number of aryl methyl sites for hydroxylation is 1. The van der Waals surface area contributed by atoms with Crippen molar-refractivity contribution in [2.45, 2.75) is 26.8 Å². The van der Waals surface area contributed by atoms with E-state index in [1.54, 1.807) is 13.0 Å². The molecule has 0 spiro atoms. The van der Waals surface area contributed by atoms with Crippen molar-refractivity contribution in [2.75, 3.05) is 5.43 Å². The van der Waals surface area contributed by atoms with Gasteiger partial charge in [-0.2, -0.15) is 0 Å². The summed E-state index contributed by atoms with van der Waals surface area (Å²) in [6.07, 6.45) is 3.48. The number of hydrogen-bond donors (Lipinski definition) is 3. The summed E-state index contributed by atoms with van der Waals surface area (Å²) in [5, 5.41) is 8.88. The lowest BCUT2D eigenvalue weighted by molar-refractivity contribution is -0.131. The van der Waals surface area contributed by atoms with Crippen LogP contribution in [0.3, 0.4) is 0 Å². The topological polar surface area (TPSA) is 61.4 Å². The molecule has 3 aromatic carbocycles. The molecule has 0 aliphatic carbocycles. The van der Waals surface area contributed by atoms with Crippen molar-refractivity contribution in [1.82, 2.24) is 5.43 Å². The third-order valence-corrected chi connectivity index (χ3v) is 5.68. The first-order valence-electron chi connectivity index (χ1n) is 10.6. The fourth-order valence-corrected chi connectivity index (χ4v) is 4.05. The van der Waals surface area contributed by atoms with Crippen LogP contribution in [-0.4, -0.2) is 11.1 Å². The standard InChI is InChI=1S/C27H25FN2O2/c1-3-23(20-9-11-24(28)17(2)14-20)27(21-10-12-25-22(15-21)16-29-30-25)19-7-4-18(5-8-19)6-13-26(31)32/h4-15,29-30H,3,16H2,1-2H3,(H,31,32)/b13-6+,27-23+. The number of carboxylic acid groups (broad SMARTS) is 1. The zero-order chi connectivity index (χ0) is 22.7. The van der Waals surface area contributed by atoms with Gasteiger partial charge in [0.1, 0.15) is 5.82 Å². The number of nitrogens with one attached hydrogen (secondary N) is 2. The van der Waals surface area contributed by atoms with Gasteiger partial charge in [0.15, 0.2) is 0 Å². The zero-order valence-electron chi connectivity index (χ0n) is 18.1. The van der Waals surface area contributed by atoms with E-state index in [1.165, 1.54) is 11.6 Å². The Morgan fingerprint density at radius 1 is 1.03 bits per heavy atom. The van der Waals surface area contributed by atoms with Gasteiger partial charge in [0, 0.05) is 12.6 Å². The molecule has 4 nitrogen and oxygen atoms in total. The van der Waals surface area contributed by atoms with Crippen molar-refractivity contribution in [1.29, 1.82) is 0 Å². The summed E-state index contributed by atoms with van der Waals surface area (Å²) in [5.41, 5.74) is 15.3. The van der Waals surface area contributed by atoms with E-state index < -0.39 is 5.97 Å². The van der Waals surface area contributed by atoms with Gasteiger partial charge in [-0.25, -0.2) is 14.6 Å². The summed E-state index contributed by atoms with van der Waals surface area (Å²) in [5.74, 6) is -1.19. The number of carboxylic acids is 1. The highest BCUT2D eigenvalue weighted by Gasteiger charge is 2.17. The molecular formula is C27H25FN2O2. The highest BCUT2D eigenvalue weighted by molar-refractivity contribution is 5.99. The summed E-state index contributed by atoms with van der Waals surface area (Å²) in [7, 11) is 0. The van der Waals surface area contributed by atoms with Crippen molar-refractivity contribution in [3.05, 3.63) is 106 Å². The van der Waals surface area contributed by atoms with E-state index in [2.05, 4.69) is 36.0 Å². The minimum Gasteiger partial charge on any atom is -0.478 e. The first-order valence-corrected chi connectivity index (χ1v) is 10.6. The lowest BCUT2D eigenvalue weighted by atomic mass is 9.86. The Morgan fingerprint density at radius 2 is 1.75 bits per heavy atom. The quantitative estimate of drug-likeness (QED) is 0.331. The molecule has 0 amide bonds. The zero-order valence-corrected chi connectivity index (χ0v) is 18.1. The maximum atomic E-state index is 14.0. The molecule has 3 N–H and O–H groups in total. The molecule has 1 aliphatic rings. The summed E-state index contributed by atoms with van der Waals surface area (Å²) in [4.78, 5) is 10.8. The van der Waals surface area contributed by atoms with Gasteiger partial charge in [0.2, 0.25) is 0 Å². The average molecular weight is 429 g/mol. The Bertz CT molecular complexity index is 1230. The molecule has 3 aromatic rings. The van der Waals surface area contributed by atoms with Crippen LogP contribution in [-0.2, 0) is 11.3 Å². The Kier molecular flexibility index (Phi) is 6.19. The molecular weight excluding hydrogens is 403 g/mol. The lowest BCUT2D eigenvalue weighted by Gasteiger charge is -2.18. The lowest BCUT2D eigenvalue weighted by Crippen LogP contribution is -2.10. The molecule has 0 saturated carbocycles. The average Bonchev–Trinajstić information content (AvgIpc) is 3.26. The molecule has 0 atom stereocenters. The second-order valence-electron chi connectivity index (χ2n) is 7.82. The van der Waals surface area contributed by atoms with Gasteiger partial charge >= 0.3 is 5.97 Å². The molecule has 4 rings (SSSR count). The van der Waals surface area contributed by atoms with Crippen LogP contribution in [0.1, 0.15) is 46.7 Å². The first-order chi connectivity index (χ1) is 15.5. The van der Waals surface area contributed by atoms with Crippen molar-refractivity contribution < 1.29 is 14.3 Å². The van der Waals surface area contributed by atoms with Gasteiger partial charge < -0.3 is 10.5 Å². The van der Waals surface area contributed by atoms with E-state index >= 15 is 0 Å². The molecule has 0 fully saturated rings. The van der Waals surface area contributed by atoms with Crippen LogP contribution >= 0.6 is 0 Å². The van der Waals surface area contributed by atoms with Gasteiger partial charge in [-0.15, -0.1) is 0 Å². The Hall–Kier alpha value is -3.70. The van der Waals surface area contributed by atoms with Gasteiger partial charge in [-0.3, -0.25) is 0 Å². The molecule has 0 radical (unpaired) electrons. The van der Waals surface area contributed by atoms with Crippen molar-refractivity contribution in [3.63, 3.8) is 0 Å². The predicted octanol–water partition coefficient (Wildman–Crippen LogP) is 6.03. The van der Waals surface area contributed by atoms with Crippen molar-refractivity contribution in [2.24, 2.45) is 0 Å². The fourth-order valence-electron chi connectivity index (χ4n) is 4.05. The molecule has 0 aromatic heterocycles. The van der Waals surface area contributed by atoms with Crippen molar-refractivity contribution >= 4 is 28.9 Å². The maximum Gasteiger partial charge on any atom is 0.328 e. The van der Waals surface area contributed by atoms with Crippen LogP contribution in [0.4, 0.5) is 10.1 Å². The van der Waals surface area contributed by atoms with E-state index in [9.17, 15) is 9.18 Å². The smallest absolute Gasteiger partial charge is 0.328 e. The van der Waals surface area contributed by atoms with Crippen LogP contribution in [0.15, 0.2) is 66.7 Å². The number of fused-ring (bicyclic) bond motifs is 1. The molecule has 0 bridgehead atoms. The van der Waals surface area contributed by atoms with E-state index in [-0.39, 0.29) is 5.82 Å². The number of rotatable bonds is 6. The summed E-state index contributed by atoms with van der Waals surface area (Å²) >= 11 is 0. The van der Waals surface area contributed by atoms with Gasteiger partial charge in [-0.05, 0) is 88.2 Å². The Balaban J connectivity index is 1.89. The molecule has 162 valence electrons. The van der Waals surface area contributed by atoms with Crippen molar-refractivity contribution in [3.8, 4) is 0 Å². The van der Waals surface area contributed by atoms with Gasteiger partial charge in [-0.1, -0.05) is 43.3 Å². The van der Waals surface area contributed by atoms with Crippen LogP contribution in [0.5, 0.6) is 0 Å². The molecule has 5 heteroatoms. The monoisotopic (exact) mass is 428 g/mol. The molecule has 0 saturated heterocycles. The summed E-state index contributed by atoms with van der Waals surface area (Å²) < 4.78 is 14.0. The minimum atomic E-state index is -0.977. The fraction of sp³-hybridized carbons (Fsp3) is 0.148. The minimum absolute atomic E-state index is 0.213. The predicted molar refractivity (Wildman–Crippen MR) is 127 cm³/mol. The number of carbonyl (C=O) groups is 1. The number of hydrazine groups is 1. The third kappa shape index (κ3) is 4.48. The largest absolute Gasteiger partial charge is 0.478 e. The molecule has 32 heavy (non-hydrogen) atoms. The van der Waals surface area contributed by atoms with E-state index in [0.29, 0.717) is 5.56 Å². The Labute approximate surface area is 187 Å².